The molecule has 174 valence electrons. The Kier molecular flexibility index (Phi) is 6.64. The van der Waals surface area contributed by atoms with Crippen LogP contribution in [0.25, 0.3) is 11.0 Å². The van der Waals surface area contributed by atoms with E-state index >= 15 is 0 Å². The van der Waals surface area contributed by atoms with Gasteiger partial charge in [0.1, 0.15) is 5.58 Å². The molecule has 3 aromatic rings. The minimum Gasteiger partial charge on any atom is -0.464 e. The summed E-state index contributed by atoms with van der Waals surface area (Å²) >= 11 is 0. The highest BCUT2D eigenvalue weighted by molar-refractivity contribution is 7.89. The Morgan fingerprint density at radius 3 is 2.42 bits per heavy atom. The SMILES string of the molecule is Cc1ccc2c(CC(=O)OCC(=O)c3ccc(S(=O)(=O)N4CCOCC4)cc3)coc2c1C. The summed E-state index contributed by atoms with van der Waals surface area (Å²) in [5.41, 5.74) is 3.81. The molecule has 8 nitrogen and oxygen atoms in total. The van der Waals surface area contributed by atoms with Crippen LogP contribution in [0.5, 0.6) is 0 Å². The summed E-state index contributed by atoms with van der Waals surface area (Å²) in [7, 11) is -3.64. The van der Waals surface area contributed by atoms with E-state index in [2.05, 4.69) is 0 Å². The summed E-state index contributed by atoms with van der Waals surface area (Å²) in [6, 6.07) is 9.51. The normalized spacial score (nSPS) is 15.0. The van der Waals surface area contributed by atoms with Crippen LogP contribution in [0, 0.1) is 13.8 Å². The Labute approximate surface area is 192 Å². The fourth-order valence-corrected chi connectivity index (χ4v) is 5.12. The van der Waals surface area contributed by atoms with Crippen LogP contribution in [-0.2, 0) is 30.7 Å². The first-order valence-corrected chi connectivity index (χ1v) is 12.0. The monoisotopic (exact) mass is 471 g/mol. The maximum Gasteiger partial charge on any atom is 0.310 e. The third kappa shape index (κ3) is 4.85. The largest absolute Gasteiger partial charge is 0.464 e. The third-order valence-corrected chi connectivity index (χ3v) is 7.74. The van der Waals surface area contributed by atoms with Crippen LogP contribution in [0.4, 0.5) is 0 Å². The zero-order chi connectivity index (χ0) is 23.6. The first-order valence-electron chi connectivity index (χ1n) is 10.6. The summed E-state index contributed by atoms with van der Waals surface area (Å²) in [5.74, 6) is -0.960. The van der Waals surface area contributed by atoms with Crippen LogP contribution in [0.15, 0.2) is 52.0 Å². The lowest BCUT2D eigenvalue weighted by Crippen LogP contribution is -2.40. The van der Waals surface area contributed by atoms with E-state index in [1.165, 1.54) is 34.8 Å². The molecule has 1 aromatic heterocycles. The van der Waals surface area contributed by atoms with Crippen LogP contribution >= 0.6 is 0 Å². The highest BCUT2D eigenvalue weighted by Crippen LogP contribution is 2.27. The second kappa shape index (κ2) is 9.46. The van der Waals surface area contributed by atoms with Crippen molar-refractivity contribution < 1.29 is 31.9 Å². The van der Waals surface area contributed by atoms with Crippen LogP contribution < -0.4 is 0 Å². The Hall–Kier alpha value is -3.01. The van der Waals surface area contributed by atoms with Gasteiger partial charge in [-0.25, -0.2) is 8.42 Å². The van der Waals surface area contributed by atoms with Crippen molar-refractivity contribution in [1.29, 1.82) is 0 Å². The van der Waals surface area contributed by atoms with Gasteiger partial charge in [0.15, 0.2) is 12.4 Å². The molecule has 1 fully saturated rings. The van der Waals surface area contributed by atoms with E-state index < -0.39 is 28.4 Å². The Bertz CT molecular complexity index is 1290. The van der Waals surface area contributed by atoms with Gasteiger partial charge in [-0.1, -0.05) is 12.1 Å². The number of ketones is 1. The molecule has 4 rings (SSSR count). The number of morpholine rings is 1. The Morgan fingerprint density at radius 2 is 1.73 bits per heavy atom. The third-order valence-electron chi connectivity index (χ3n) is 5.82. The standard InChI is InChI=1S/C24H25NO7S/c1-16-3-8-21-19(14-32-24(21)17(16)2)13-23(27)31-15-22(26)18-4-6-20(7-5-18)33(28,29)25-9-11-30-12-10-25/h3-8,14H,9-13,15H2,1-2H3. The highest BCUT2D eigenvalue weighted by Gasteiger charge is 2.26. The molecular formula is C24H25NO7S. The molecule has 0 radical (unpaired) electrons. The lowest BCUT2D eigenvalue weighted by Gasteiger charge is -2.26. The minimum atomic E-state index is -3.64. The fourth-order valence-electron chi connectivity index (χ4n) is 3.71. The molecule has 1 aliphatic rings. The number of hydrogen-bond donors (Lipinski definition) is 0. The summed E-state index contributed by atoms with van der Waals surface area (Å²) < 4.78 is 42.7. The number of benzene rings is 2. The number of fused-ring (bicyclic) bond motifs is 1. The first-order chi connectivity index (χ1) is 15.8. The number of furan rings is 1. The molecule has 0 spiro atoms. The molecule has 0 bridgehead atoms. The lowest BCUT2D eigenvalue weighted by atomic mass is 10.0. The number of Topliss-reactive ketones (excluding diaryl/α,β-unsaturated/α-hetero) is 1. The van der Waals surface area contributed by atoms with Gasteiger partial charge in [0.05, 0.1) is 30.8 Å². The fraction of sp³-hybridized carbons (Fsp3) is 0.333. The van der Waals surface area contributed by atoms with E-state index in [4.69, 9.17) is 13.9 Å². The topological polar surface area (TPSA) is 103 Å². The number of esters is 1. The molecular weight excluding hydrogens is 446 g/mol. The van der Waals surface area contributed by atoms with Crippen molar-refractivity contribution in [2.75, 3.05) is 32.9 Å². The van der Waals surface area contributed by atoms with Crippen molar-refractivity contribution in [3.05, 3.63) is 64.9 Å². The van der Waals surface area contributed by atoms with Crippen molar-refractivity contribution in [2.45, 2.75) is 25.2 Å². The number of nitrogens with zero attached hydrogens (tertiary/aromatic N) is 1. The number of ether oxygens (including phenoxy) is 2. The number of aryl methyl sites for hydroxylation is 2. The molecule has 0 aliphatic carbocycles. The Balaban J connectivity index is 1.36. The van der Waals surface area contributed by atoms with E-state index in [9.17, 15) is 18.0 Å². The number of hydrogen-bond acceptors (Lipinski definition) is 7. The van der Waals surface area contributed by atoms with Crippen molar-refractivity contribution in [1.82, 2.24) is 4.31 Å². The number of carbonyl (C=O) groups excluding carboxylic acids is 2. The van der Waals surface area contributed by atoms with E-state index in [1.807, 2.05) is 26.0 Å². The average Bonchev–Trinajstić information content (AvgIpc) is 3.23. The average molecular weight is 472 g/mol. The maximum absolute atomic E-state index is 12.7. The van der Waals surface area contributed by atoms with Gasteiger partial charge in [0, 0.05) is 29.6 Å². The molecule has 0 saturated carbocycles. The molecule has 9 heteroatoms. The zero-order valence-electron chi connectivity index (χ0n) is 18.5. The van der Waals surface area contributed by atoms with Crippen molar-refractivity contribution in [3.63, 3.8) is 0 Å². The number of sulfonamides is 1. The minimum absolute atomic E-state index is 0.0144. The van der Waals surface area contributed by atoms with E-state index in [0.717, 1.165) is 22.1 Å². The van der Waals surface area contributed by atoms with Gasteiger partial charge < -0.3 is 13.9 Å². The van der Waals surface area contributed by atoms with Crippen molar-refractivity contribution >= 4 is 32.7 Å². The molecule has 1 saturated heterocycles. The predicted molar refractivity (Wildman–Crippen MR) is 121 cm³/mol. The van der Waals surface area contributed by atoms with Gasteiger partial charge in [-0.15, -0.1) is 0 Å². The molecule has 0 amide bonds. The molecule has 1 aliphatic heterocycles. The lowest BCUT2D eigenvalue weighted by molar-refractivity contribution is -0.141. The van der Waals surface area contributed by atoms with E-state index in [1.54, 1.807) is 0 Å². The highest BCUT2D eigenvalue weighted by atomic mass is 32.2. The smallest absolute Gasteiger partial charge is 0.310 e. The van der Waals surface area contributed by atoms with Gasteiger partial charge in [-0.05, 0) is 49.2 Å². The first kappa shape index (κ1) is 23.2. The van der Waals surface area contributed by atoms with Crippen LogP contribution in [0.3, 0.4) is 0 Å². The van der Waals surface area contributed by atoms with Crippen LogP contribution in [0.1, 0.15) is 27.0 Å². The van der Waals surface area contributed by atoms with Gasteiger partial charge in [-0.2, -0.15) is 4.31 Å². The maximum atomic E-state index is 12.7. The second-order valence-electron chi connectivity index (χ2n) is 7.95. The zero-order valence-corrected chi connectivity index (χ0v) is 19.3. The van der Waals surface area contributed by atoms with Gasteiger partial charge >= 0.3 is 5.97 Å². The summed E-state index contributed by atoms with van der Waals surface area (Å²) in [5, 5.41) is 0.846. The quantitative estimate of drug-likeness (QED) is 0.385. The molecule has 0 unspecified atom stereocenters. The predicted octanol–water partition coefficient (Wildman–Crippen LogP) is 3.04. The molecule has 33 heavy (non-hydrogen) atoms. The summed E-state index contributed by atoms with van der Waals surface area (Å²) in [6.07, 6.45) is 1.52. The van der Waals surface area contributed by atoms with Gasteiger partial charge in [0.2, 0.25) is 10.0 Å². The second-order valence-corrected chi connectivity index (χ2v) is 9.88. The number of carbonyl (C=O) groups is 2. The van der Waals surface area contributed by atoms with Crippen LogP contribution in [0.2, 0.25) is 0 Å². The summed E-state index contributed by atoms with van der Waals surface area (Å²) in [6.45, 7) is 4.82. The van der Waals surface area contributed by atoms with Crippen molar-refractivity contribution in [3.8, 4) is 0 Å². The molecule has 0 N–H and O–H groups in total. The van der Waals surface area contributed by atoms with Gasteiger partial charge in [0.25, 0.3) is 0 Å². The van der Waals surface area contributed by atoms with E-state index in [-0.39, 0.29) is 16.9 Å². The van der Waals surface area contributed by atoms with Crippen molar-refractivity contribution in [2.24, 2.45) is 0 Å². The summed E-state index contributed by atoms with van der Waals surface area (Å²) in [4.78, 5) is 24.8. The molecule has 2 aromatic carbocycles. The van der Waals surface area contributed by atoms with Gasteiger partial charge in [-0.3, -0.25) is 9.59 Å². The van der Waals surface area contributed by atoms with E-state index in [0.29, 0.717) is 31.9 Å². The molecule has 0 atom stereocenters. The Morgan fingerprint density at radius 1 is 1.03 bits per heavy atom. The molecule has 2 heterocycles. The van der Waals surface area contributed by atoms with Crippen LogP contribution in [-0.4, -0.2) is 57.4 Å². The number of rotatable bonds is 7.